The third-order valence-electron chi connectivity index (χ3n) is 3.85. The van der Waals surface area contributed by atoms with Gasteiger partial charge < -0.3 is 5.11 Å². The Morgan fingerprint density at radius 2 is 2.05 bits per heavy atom. The molecule has 0 radical (unpaired) electrons. The van der Waals surface area contributed by atoms with Crippen LogP contribution in [0.4, 0.5) is 0 Å². The van der Waals surface area contributed by atoms with Crippen molar-refractivity contribution < 1.29 is 5.11 Å². The fourth-order valence-corrected chi connectivity index (χ4v) is 2.71. The zero-order chi connectivity index (χ0) is 15.4. The molecule has 2 aromatic heterocycles. The Bertz CT molecular complexity index is 693. The molecule has 0 bridgehead atoms. The highest BCUT2D eigenvalue weighted by molar-refractivity contribution is 5.29. The van der Waals surface area contributed by atoms with E-state index in [1.807, 2.05) is 41.1 Å². The molecule has 0 saturated heterocycles. The van der Waals surface area contributed by atoms with Gasteiger partial charge >= 0.3 is 0 Å². The SMILES string of the molecule is CCN(Cc1cn2cccnc2n1)C(CO)c1ccccc1. The van der Waals surface area contributed by atoms with Gasteiger partial charge in [-0.05, 0) is 18.2 Å². The van der Waals surface area contributed by atoms with Crippen LogP contribution >= 0.6 is 0 Å². The fraction of sp³-hybridized carbons (Fsp3) is 0.294. The van der Waals surface area contributed by atoms with E-state index < -0.39 is 0 Å². The van der Waals surface area contributed by atoms with Crippen LogP contribution in [0.5, 0.6) is 0 Å². The Hall–Kier alpha value is -2.24. The summed E-state index contributed by atoms with van der Waals surface area (Å²) in [6, 6.07) is 12.0. The Morgan fingerprint density at radius 1 is 1.23 bits per heavy atom. The summed E-state index contributed by atoms with van der Waals surface area (Å²) in [6.45, 7) is 3.70. The quantitative estimate of drug-likeness (QED) is 0.758. The lowest BCUT2D eigenvalue weighted by atomic mass is 10.1. The van der Waals surface area contributed by atoms with Crippen molar-refractivity contribution >= 4 is 5.78 Å². The number of imidazole rings is 1. The lowest BCUT2D eigenvalue weighted by molar-refractivity contribution is 0.121. The normalized spacial score (nSPS) is 12.9. The number of hydrogen-bond acceptors (Lipinski definition) is 4. The van der Waals surface area contributed by atoms with E-state index >= 15 is 0 Å². The van der Waals surface area contributed by atoms with Gasteiger partial charge in [0, 0.05) is 25.1 Å². The van der Waals surface area contributed by atoms with Gasteiger partial charge in [-0.15, -0.1) is 0 Å². The van der Waals surface area contributed by atoms with E-state index in [1.165, 1.54) is 0 Å². The van der Waals surface area contributed by atoms with Crippen molar-refractivity contribution in [2.75, 3.05) is 13.2 Å². The molecule has 5 heteroatoms. The number of likely N-dealkylation sites (N-methyl/N-ethyl adjacent to an activating group) is 1. The molecule has 1 aromatic carbocycles. The second-order valence-electron chi connectivity index (χ2n) is 5.23. The van der Waals surface area contributed by atoms with Gasteiger partial charge in [0.2, 0.25) is 5.78 Å². The Balaban J connectivity index is 1.83. The lowest BCUT2D eigenvalue weighted by Crippen LogP contribution is -2.30. The van der Waals surface area contributed by atoms with Crippen LogP contribution in [-0.4, -0.2) is 37.5 Å². The second kappa shape index (κ2) is 6.68. The van der Waals surface area contributed by atoms with Crippen LogP contribution in [0.3, 0.4) is 0 Å². The molecule has 3 rings (SSSR count). The standard InChI is InChI=1S/C17H20N4O/c1-2-20(16(13-22)14-7-4-3-5-8-14)11-15-12-21-10-6-9-18-17(21)19-15/h3-10,12,16,22H,2,11,13H2,1H3. The van der Waals surface area contributed by atoms with Crippen LogP contribution in [0.2, 0.25) is 0 Å². The molecule has 0 aliphatic heterocycles. The first-order valence-electron chi connectivity index (χ1n) is 7.50. The van der Waals surface area contributed by atoms with Crippen LogP contribution in [0.25, 0.3) is 5.78 Å². The van der Waals surface area contributed by atoms with E-state index in [0.29, 0.717) is 12.3 Å². The third-order valence-corrected chi connectivity index (χ3v) is 3.85. The summed E-state index contributed by atoms with van der Waals surface area (Å²) in [5.41, 5.74) is 2.07. The lowest BCUT2D eigenvalue weighted by Gasteiger charge is -2.29. The Labute approximate surface area is 129 Å². The van der Waals surface area contributed by atoms with Crippen LogP contribution in [-0.2, 0) is 6.54 Å². The van der Waals surface area contributed by atoms with Crippen molar-refractivity contribution in [1.82, 2.24) is 19.3 Å². The summed E-state index contributed by atoms with van der Waals surface area (Å²) in [6.07, 6.45) is 5.67. The molecule has 1 atom stereocenters. The van der Waals surface area contributed by atoms with Crippen LogP contribution in [0.1, 0.15) is 24.2 Å². The first-order chi connectivity index (χ1) is 10.8. The van der Waals surface area contributed by atoms with Crippen molar-refractivity contribution in [2.45, 2.75) is 19.5 Å². The highest BCUT2D eigenvalue weighted by Crippen LogP contribution is 2.21. The molecule has 0 spiro atoms. The zero-order valence-corrected chi connectivity index (χ0v) is 12.6. The summed E-state index contributed by atoms with van der Waals surface area (Å²) in [4.78, 5) is 11.0. The van der Waals surface area contributed by atoms with Gasteiger partial charge in [-0.3, -0.25) is 9.30 Å². The Kier molecular flexibility index (Phi) is 4.46. The molecule has 0 aliphatic carbocycles. The number of fused-ring (bicyclic) bond motifs is 1. The molecule has 0 fully saturated rings. The van der Waals surface area contributed by atoms with Gasteiger partial charge in [-0.25, -0.2) is 9.97 Å². The first-order valence-corrected chi connectivity index (χ1v) is 7.50. The Morgan fingerprint density at radius 3 is 2.73 bits per heavy atom. The average molecular weight is 296 g/mol. The first kappa shape index (κ1) is 14.7. The molecule has 0 aliphatic rings. The van der Waals surface area contributed by atoms with Gasteiger partial charge in [-0.2, -0.15) is 0 Å². The number of rotatable bonds is 6. The number of aliphatic hydroxyl groups is 1. The maximum atomic E-state index is 9.82. The molecule has 114 valence electrons. The van der Waals surface area contributed by atoms with Crippen molar-refractivity contribution in [3.63, 3.8) is 0 Å². The minimum atomic E-state index is -0.0241. The predicted octanol–water partition coefficient (Wildman–Crippen LogP) is 2.28. The average Bonchev–Trinajstić information content (AvgIpc) is 2.98. The summed E-state index contributed by atoms with van der Waals surface area (Å²) >= 11 is 0. The van der Waals surface area contributed by atoms with Crippen LogP contribution < -0.4 is 0 Å². The second-order valence-corrected chi connectivity index (χ2v) is 5.23. The maximum absolute atomic E-state index is 9.82. The van der Waals surface area contributed by atoms with Crippen molar-refractivity contribution in [2.24, 2.45) is 0 Å². The minimum Gasteiger partial charge on any atom is -0.394 e. The topological polar surface area (TPSA) is 53.7 Å². The third kappa shape index (κ3) is 3.00. The number of hydrogen-bond donors (Lipinski definition) is 1. The molecule has 1 unspecified atom stereocenters. The van der Waals surface area contributed by atoms with Crippen molar-refractivity contribution in [1.29, 1.82) is 0 Å². The van der Waals surface area contributed by atoms with E-state index in [9.17, 15) is 5.11 Å². The predicted molar refractivity (Wildman–Crippen MR) is 85.3 cm³/mol. The maximum Gasteiger partial charge on any atom is 0.233 e. The molecule has 1 N–H and O–H groups in total. The molecule has 22 heavy (non-hydrogen) atoms. The van der Waals surface area contributed by atoms with Gasteiger partial charge in [0.1, 0.15) is 0 Å². The van der Waals surface area contributed by atoms with E-state index in [2.05, 4.69) is 33.9 Å². The summed E-state index contributed by atoms with van der Waals surface area (Å²) < 4.78 is 1.92. The van der Waals surface area contributed by atoms with E-state index in [4.69, 9.17) is 0 Å². The summed E-state index contributed by atoms with van der Waals surface area (Å²) in [5, 5.41) is 9.82. The number of aliphatic hydroxyl groups excluding tert-OH is 1. The van der Waals surface area contributed by atoms with Gasteiger partial charge in [0.15, 0.2) is 0 Å². The van der Waals surface area contributed by atoms with Crippen molar-refractivity contribution in [3.05, 3.63) is 66.2 Å². The zero-order valence-electron chi connectivity index (χ0n) is 12.6. The minimum absolute atomic E-state index is 0.0241. The molecule has 0 saturated carbocycles. The highest BCUT2D eigenvalue weighted by atomic mass is 16.3. The monoisotopic (exact) mass is 296 g/mol. The smallest absolute Gasteiger partial charge is 0.233 e. The van der Waals surface area contributed by atoms with E-state index in [-0.39, 0.29) is 12.6 Å². The molecule has 2 heterocycles. The van der Waals surface area contributed by atoms with Crippen LogP contribution in [0, 0.1) is 0 Å². The number of benzene rings is 1. The van der Waals surface area contributed by atoms with Gasteiger partial charge in [0.25, 0.3) is 0 Å². The van der Waals surface area contributed by atoms with Gasteiger partial charge in [0.05, 0.1) is 18.3 Å². The molecule has 0 amide bonds. The largest absolute Gasteiger partial charge is 0.394 e. The summed E-state index contributed by atoms with van der Waals surface area (Å²) in [5.74, 6) is 0.703. The van der Waals surface area contributed by atoms with Gasteiger partial charge in [-0.1, -0.05) is 37.3 Å². The van der Waals surface area contributed by atoms with Crippen LogP contribution in [0.15, 0.2) is 55.0 Å². The fourth-order valence-electron chi connectivity index (χ4n) is 2.71. The highest BCUT2D eigenvalue weighted by Gasteiger charge is 2.19. The van der Waals surface area contributed by atoms with Crippen molar-refractivity contribution in [3.8, 4) is 0 Å². The van der Waals surface area contributed by atoms with E-state index in [1.54, 1.807) is 6.20 Å². The molecule has 3 aromatic rings. The summed E-state index contributed by atoms with van der Waals surface area (Å²) in [7, 11) is 0. The number of nitrogens with zero attached hydrogens (tertiary/aromatic N) is 4. The molecular weight excluding hydrogens is 276 g/mol. The molecule has 5 nitrogen and oxygen atoms in total. The molecular formula is C17H20N4O. The number of aromatic nitrogens is 3. The van der Waals surface area contributed by atoms with E-state index in [0.717, 1.165) is 17.8 Å².